The topological polar surface area (TPSA) is 68.8 Å². The van der Waals surface area contributed by atoms with Crippen LogP contribution in [0.5, 0.6) is 0 Å². The van der Waals surface area contributed by atoms with Crippen LogP contribution in [-0.4, -0.2) is 21.0 Å². The van der Waals surface area contributed by atoms with Crippen LogP contribution < -0.4 is 11.3 Å². The Morgan fingerprint density at radius 1 is 1.56 bits per heavy atom. The Hall–Kier alpha value is -0.940. The van der Waals surface area contributed by atoms with Crippen LogP contribution in [0.3, 0.4) is 0 Å². The number of nitrogens with zero attached hydrogens (tertiary/aromatic N) is 3. The lowest BCUT2D eigenvalue weighted by molar-refractivity contribution is 0.207. The summed E-state index contributed by atoms with van der Waals surface area (Å²) in [7, 11) is 1.90. The third-order valence-electron chi connectivity index (χ3n) is 4.26. The van der Waals surface area contributed by atoms with Crippen LogP contribution in [0, 0.1) is 11.8 Å². The van der Waals surface area contributed by atoms with Gasteiger partial charge in [-0.15, -0.1) is 5.10 Å². The van der Waals surface area contributed by atoms with Gasteiger partial charge in [0, 0.05) is 25.7 Å². The van der Waals surface area contributed by atoms with Gasteiger partial charge in [-0.3, -0.25) is 16.0 Å². The summed E-state index contributed by atoms with van der Waals surface area (Å²) in [5, 5.41) is 8.13. The molecule has 0 radical (unpaired) electrons. The van der Waals surface area contributed by atoms with Gasteiger partial charge in [0.25, 0.3) is 0 Å². The van der Waals surface area contributed by atoms with E-state index in [4.69, 9.17) is 5.84 Å². The lowest BCUT2D eigenvalue weighted by Crippen LogP contribution is -2.44. The molecular weight excluding hydrogens is 226 g/mol. The Labute approximate surface area is 109 Å². The molecule has 1 saturated carbocycles. The van der Waals surface area contributed by atoms with E-state index in [9.17, 15) is 0 Å². The van der Waals surface area contributed by atoms with Crippen molar-refractivity contribution in [1.82, 2.24) is 20.4 Å². The summed E-state index contributed by atoms with van der Waals surface area (Å²) in [6.07, 6.45) is 9.45. The number of nitrogens with two attached hydrogens (primary N) is 1. The molecule has 1 heterocycles. The van der Waals surface area contributed by atoms with Crippen LogP contribution in [-0.2, 0) is 13.5 Å². The number of aryl methyl sites for hydroxylation is 1. The van der Waals surface area contributed by atoms with Crippen LogP contribution in [0.15, 0.2) is 6.20 Å². The predicted molar refractivity (Wildman–Crippen MR) is 71.6 cm³/mol. The van der Waals surface area contributed by atoms with Gasteiger partial charge in [-0.2, -0.15) is 0 Å². The minimum atomic E-state index is 0.330. The van der Waals surface area contributed by atoms with Gasteiger partial charge in [0.2, 0.25) is 0 Å². The lowest BCUT2D eigenvalue weighted by atomic mass is 9.76. The first-order chi connectivity index (χ1) is 8.72. The maximum absolute atomic E-state index is 5.74. The highest BCUT2D eigenvalue weighted by Gasteiger charge is 2.27. The van der Waals surface area contributed by atoms with Crippen molar-refractivity contribution < 1.29 is 0 Å². The van der Waals surface area contributed by atoms with E-state index in [1.807, 2.05) is 13.2 Å². The van der Waals surface area contributed by atoms with Crippen LogP contribution in [0.25, 0.3) is 0 Å². The highest BCUT2D eigenvalue weighted by Crippen LogP contribution is 2.33. The SMILES string of the molecule is CCC1CCCC(C(Cc2cn(C)nn2)NN)C1. The monoisotopic (exact) mass is 251 g/mol. The van der Waals surface area contributed by atoms with E-state index in [-0.39, 0.29) is 0 Å². The molecule has 5 nitrogen and oxygen atoms in total. The second-order valence-corrected chi connectivity index (χ2v) is 5.56. The van der Waals surface area contributed by atoms with Crippen LogP contribution in [0.4, 0.5) is 0 Å². The zero-order valence-corrected chi connectivity index (χ0v) is 11.5. The average Bonchev–Trinajstić information content (AvgIpc) is 2.81. The summed E-state index contributed by atoms with van der Waals surface area (Å²) in [5.41, 5.74) is 4.02. The maximum Gasteiger partial charge on any atom is 0.0843 e. The Morgan fingerprint density at radius 2 is 2.39 bits per heavy atom. The highest BCUT2D eigenvalue weighted by molar-refractivity contribution is 4.97. The molecule has 1 aliphatic rings. The lowest BCUT2D eigenvalue weighted by Gasteiger charge is -2.33. The van der Waals surface area contributed by atoms with E-state index in [0.29, 0.717) is 12.0 Å². The van der Waals surface area contributed by atoms with Crippen LogP contribution in [0.1, 0.15) is 44.7 Å². The van der Waals surface area contributed by atoms with Crippen molar-refractivity contribution in [2.45, 2.75) is 51.5 Å². The number of nitrogens with one attached hydrogen (secondary N) is 1. The second-order valence-electron chi connectivity index (χ2n) is 5.56. The quantitative estimate of drug-likeness (QED) is 0.613. The van der Waals surface area contributed by atoms with Gasteiger partial charge < -0.3 is 0 Å². The van der Waals surface area contributed by atoms with Crippen molar-refractivity contribution in [2.24, 2.45) is 24.7 Å². The fraction of sp³-hybridized carbons (Fsp3) is 0.846. The first-order valence-corrected chi connectivity index (χ1v) is 7.04. The molecule has 102 valence electrons. The molecule has 5 heteroatoms. The van der Waals surface area contributed by atoms with Gasteiger partial charge in [-0.1, -0.05) is 31.4 Å². The van der Waals surface area contributed by atoms with Crippen molar-refractivity contribution in [2.75, 3.05) is 0 Å². The molecule has 0 amide bonds. The molecule has 2 rings (SSSR count). The molecule has 1 fully saturated rings. The normalized spacial score (nSPS) is 26.2. The minimum Gasteiger partial charge on any atom is -0.271 e. The first-order valence-electron chi connectivity index (χ1n) is 7.04. The Morgan fingerprint density at radius 3 is 3.00 bits per heavy atom. The standard InChI is InChI=1S/C13H25N5/c1-3-10-5-4-6-11(7-10)13(15-14)8-12-9-18(2)17-16-12/h9-11,13,15H,3-8,14H2,1-2H3. The third-order valence-corrected chi connectivity index (χ3v) is 4.26. The molecule has 0 spiro atoms. The second kappa shape index (κ2) is 6.29. The highest BCUT2D eigenvalue weighted by atomic mass is 15.4. The van der Waals surface area contributed by atoms with Crippen LogP contribution >= 0.6 is 0 Å². The molecule has 0 aromatic carbocycles. The zero-order chi connectivity index (χ0) is 13.0. The molecule has 1 aromatic rings. The van der Waals surface area contributed by atoms with E-state index in [2.05, 4.69) is 22.7 Å². The minimum absolute atomic E-state index is 0.330. The summed E-state index contributed by atoms with van der Waals surface area (Å²) < 4.78 is 1.75. The Bertz CT molecular complexity index is 362. The molecule has 0 bridgehead atoms. The Kier molecular flexibility index (Phi) is 4.72. The van der Waals surface area contributed by atoms with Gasteiger partial charge in [0.1, 0.15) is 0 Å². The van der Waals surface area contributed by atoms with Gasteiger partial charge >= 0.3 is 0 Å². The molecule has 3 unspecified atom stereocenters. The molecule has 3 atom stereocenters. The number of hydrazine groups is 1. The maximum atomic E-state index is 5.74. The predicted octanol–water partition coefficient (Wildman–Crippen LogP) is 1.41. The van der Waals surface area contributed by atoms with Crippen molar-refractivity contribution in [3.05, 3.63) is 11.9 Å². The van der Waals surface area contributed by atoms with Crippen molar-refractivity contribution in [3.8, 4) is 0 Å². The third kappa shape index (κ3) is 3.29. The van der Waals surface area contributed by atoms with Crippen molar-refractivity contribution in [3.63, 3.8) is 0 Å². The number of rotatable bonds is 5. The van der Waals surface area contributed by atoms with Crippen molar-refractivity contribution in [1.29, 1.82) is 0 Å². The fourth-order valence-corrected chi connectivity index (χ4v) is 3.14. The molecule has 3 N–H and O–H groups in total. The number of aromatic nitrogens is 3. The molecule has 1 aliphatic carbocycles. The summed E-state index contributed by atoms with van der Waals surface area (Å²) in [4.78, 5) is 0. The van der Waals surface area contributed by atoms with Gasteiger partial charge in [0.15, 0.2) is 0 Å². The fourth-order valence-electron chi connectivity index (χ4n) is 3.14. The summed E-state index contributed by atoms with van der Waals surface area (Å²) in [5.74, 6) is 7.29. The Balaban J connectivity index is 1.95. The molecule has 1 aromatic heterocycles. The van der Waals surface area contributed by atoms with Gasteiger partial charge in [0.05, 0.1) is 5.69 Å². The van der Waals surface area contributed by atoms with E-state index < -0.39 is 0 Å². The largest absolute Gasteiger partial charge is 0.271 e. The zero-order valence-electron chi connectivity index (χ0n) is 11.5. The van der Waals surface area contributed by atoms with E-state index >= 15 is 0 Å². The number of hydrogen-bond donors (Lipinski definition) is 2. The van der Waals surface area contributed by atoms with E-state index in [1.165, 1.54) is 32.1 Å². The molecule has 0 saturated heterocycles. The molecular formula is C13H25N5. The smallest absolute Gasteiger partial charge is 0.0843 e. The van der Waals surface area contributed by atoms with Gasteiger partial charge in [-0.05, 0) is 24.7 Å². The van der Waals surface area contributed by atoms with Gasteiger partial charge in [-0.25, -0.2) is 0 Å². The summed E-state index contributed by atoms with van der Waals surface area (Å²) in [6.45, 7) is 2.29. The first kappa shape index (κ1) is 13.5. The van der Waals surface area contributed by atoms with Crippen molar-refractivity contribution >= 4 is 0 Å². The molecule has 0 aliphatic heterocycles. The van der Waals surface area contributed by atoms with Crippen LogP contribution in [0.2, 0.25) is 0 Å². The summed E-state index contributed by atoms with van der Waals surface area (Å²) in [6, 6.07) is 0.330. The van der Waals surface area contributed by atoms with E-state index in [0.717, 1.165) is 18.0 Å². The van der Waals surface area contributed by atoms with E-state index in [1.54, 1.807) is 4.68 Å². The number of hydrogen-bond acceptors (Lipinski definition) is 4. The molecule has 18 heavy (non-hydrogen) atoms. The average molecular weight is 251 g/mol. The summed E-state index contributed by atoms with van der Waals surface area (Å²) >= 11 is 0.